The number of aryl methyl sites for hydroxylation is 1. The van der Waals surface area contributed by atoms with Crippen molar-refractivity contribution >= 4 is 16.7 Å². The summed E-state index contributed by atoms with van der Waals surface area (Å²) in [4.78, 5) is 7.24. The third-order valence-corrected chi connectivity index (χ3v) is 5.39. The first-order chi connectivity index (χ1) is 11.6. The third-order valence-electron chi connectivity index (χ3n) is 5.39. The van der Waals surface area contributed by atoms with Crippen molar-refractivity contribution in [3.8, 4) is 0 Å². The van der Waals surface area contributed by atoms with Gasteiger partial charge in [0, 0.05) is 36.4 Å². The average Bonchev–Trinajstić information content (AvgIpc) is 2.85. The number of rotatable bonds is 2. The van der Waals surface area contributed by atoms with Gasteiger partial charge in [0.25, 0.3) is 0 Å². The Bertz CT molecular complexity index is 905. The molecule has 0 aliphatic carbocycles. The molecule has 0 saturated heterocycles. The molecule has 1 aliphatic rings. The summed E-state index contributed by atoms with van der Waals surface area (Å²) in [6, 6.07) is 11.4. The van der Waals surface area contributed by atoms with Gasteiger partial charge in [0.2, 0.25) is 0 Å². The molecule has 3 heteroatoms. The molecule has 124 valence electrons. The number of fused-ring (bicyclic) bond motifs is 2. The van der Waals surface area contributed by atoms with Crippen LogP contribution in [0.5, 0.6) is 0 Å². The molecule has 3 aromatic rings. The Hall–Kier alpha value is -2.29. The van der Waals surface area contributed by atoms with E-state index in [0.29, 0.717) is 6.04 Å². The number of aromatic nitrogens is 2. The largest absolute Gasteiger partial charge is 0.351 e. The number of anilines is 1. The minimum atomic E-state index is 0.457. The van der Waals surface area contributed by atoms with Crippen LogP contribution in [-0.4, -0.2) is 16.1 Å². The molecule has 0 fully saturated rings. The van der Waals surface area contributed by atoms with Gasteiger partial charge in [-0.05, 0) is 56.9 Å². The molecule has 3 nitrogen and oxygen atoms in total. The summed E-state index contributed by atoms with van der Waals surface area (Å²) in [5, 5.41) is 1.32. The van der Waals surface area contributed by atoms with E-state index in [1.54, 1.807) is 0 Å². The summed E-state index contributed by atoms with van der Waals surface area (Å²) >= 11 is 0. The van der Waals surface area contributed by atoms with E-state index in [-0.39, 0.29) is 0 Å². The maximum absolute atomic E-state index is 4.79. The van der Waals surface area contributed by atoms with Crippen molar-refractivity contribution in [2.45, 2.75) is 46.7 Å². The molecule has 1 aliphatic heterocycles. The molecule has 0 bridgehead atoms. The molecule has 0 radical (unpaired) electrons. The molecule has 24 heavy (non-hydrogen) atoms. The Balaban J connectivity index is 1.85. The van der Waals surface area contributed by atoms with Crippen LogP contribution in [0.3, 0.4) is 0 Å². The lowest BCUT2D eigenvalue weighted by atomic mass is 9.99. The minimum Gasteiger partial charge on any atom is -0.351 e. The lowest BCUT2D eigenvalue weighted by Crippen LogP contribution is -2.31. The smallest absolute Gasteiger partial charge is 0.138 e. The second-order valence-corrected chi connectivity index (χ2v) is 7.14. The highest BCUT2D eigenvalue weighted by atomic mass is 15.2. The van der Waals surface area contributed by atoms with Gasteiger partial charge >= 0.3 is 0 Å². The molecule has 0 atom stereocenters. The molecule has 0 saturated carbocycles. The zero-order valence-electron chi connectivity index (χ0n) is 15.0. The normalized spacial score (nSPS) is 14.5. The minimum absolute atomic E-state index is 0.457. The molecule has 1 aromatic carbocycles. The Morgan fingerprint density at radius 2 is 1.79 bits per heavy atom. The van der Waals surface area contributed by atoms with Crippen molar-refractivity contribution in [2.75, 3.05) is 11.4 Å². The van der Waals surface area contributed by atoms with E-state index in [9.17, 15) is 0 Å². The van der Waals surface area contributed by atoms with Gasteiger partial charge in [-0.1, -0.05) is 24.3 Å². The van der Waals surface area contributed by atoms with Crippen molar-refractivity contribution < 1.29 is 0 Å². The van der Waals surface area contributed by atoms with E-state index in [1.807, 2.05) is 6.20 Å². The van der Waals surface area contributed by atoms with Crippen molar-refractivity contribution in [3.05, 3.63) is 58.9 Å². The number of pyridine rings is 1. The summed E-state index contributed by atoms with van der Waals surface area (Å²) in [5.41, 5.74) is 6.94. The highest BCUT2D eigenvalue weighted by Crippen LogP contribution is 2.35. The fourth-order valence-corrected chi connectivity index (χ4v) is 4.13. The zero-order chi connectivity index (χ0) is 16.8. The van der Waals surface area contributed by atoms with Crippen LogP contribution in [0.2, 0.25) is 0 Å². The van der Waals surface area contributed by atoms with Crippen molar-refractivity contribution in [3.63, 3.8) is 0 Å². The van der Waals surface area contributed by atoms with Gasteiger partial charge in [0.15, 0.2) is 0 Å². The lowest BCUT2D eigenvalue weighted by Gasteiger charge is -2.30. The van der Waals surface area contributed by atoms with Crippen LogP contribution in [0.1, 0.15) is 42.3 Å². The molecular weight excluding hydrogens is 294 g/mol. The predicted molar refractivity (Wildman–Crippen MR) is 101 cm³/mol. The topological polar surface area (TPSA) is 21.1 Å². The summed E-state index contributed by atoms with van der Waals surface area (Å²) < 4.78 is 2.44. The molecule has 3 heterocycles. The Labute approximate surface area is 143 Å². The highest BCUT2D eigenvalue weighted by Gasteiger charge is 2.22. The number of benzene rings is 1. The number of hydrogen-bond donors (Lipinski definition) is 0. The van der Waals surface area contributed by atoms with Gasteiger partial charge in [0.05, 0.1) is 5.52 Å². The van der Waals surface area contributed by atoms with Crippen LogP contribution >= 0.6 is 0 Å². The van der Waals surface area contributed by atoms with Crippen LogP contribution in [0.4, 0.5) is 5.82 Å². The van der Waals surface area contributed by atoms with E-state index in [1.165, 1.54) is 33.3 Å². The van der Waals surface area contributed by atoms with E-state index < -0.39 is 0 Å². The van der Waals surface area contributed by atoms with Crippen LogP contribution in [0.25, 0.3) is 10.9 Å². The number of hydrogen-bond acceptors (Lipinski definition) is 2. The van der Waals surface area contributed by atoms with Gasteiger partial charge in [-0.15, -0.1) is 0 Å². The summed E-state index contributed by atoms with van der Waals surface area (Å²) in [6.07, 6.45) is 3.06. The second kappa shape index (κ2) is 5.66. The lowest BCUT2D eigenvalue weighted by molar-refractivity contribution is 0.606. The van der Waals surface area contributed by atoms with Crippen molar-refractivity contribution in [2.24, 2.45) is 0 Å². The first-order valence-corrected chi connectivity index (χ1v) is 8.85. The third kappa shape index (κ3) is 2.22. The molecule has 2 aromatic heterocycles. The van der Waals surface area contributed by atoms with E-state index in [4.69, 9.17) is 4.98 Å². The van der Waals surface area contributed by atoms with E-state index >= 15 is 0 Å². The standard InChI is InChI=1S/C21H25N3/c1-14(2)24-16(4)15(3)20-19(24)9-11-22-21(20)23-12-10-17-7-5-6-8-18(17)13-23/h5-9,11,14H,10,12-13H2,1-4H3. The maximum Gasteiger partial charge on any atom is 0.138 e. The van der Waals surface area contributed by atoms with Gasteiger partial charge in [-0.25, -0.2) is 4.98 Å². The van der Waals surface area contributed by atoms with Crippen LogP contribution in [0.15, 0.2) is 36.5 Å². The van der Waals surface area contributed by atoms with Gasteiger partial charge < -0.3 is 9.47 Å². The fraction of sp³-hybridized carbons (Fsp3) is 0.381. The van der Waals surface area contributed by atoms with E-state index in [2.05, 4.69) is 67.5 Å². The molecular formula is C21H25N3. The van der Waals surface area contributed by atoms with Crippen LogP contribution in [0, 0.1) is 13.8 Å². The molecule has 0 spiro atoms. The summed E-state index contributed by atoms with van der Waals surface area (Å²) in [5.74, 6) is 1.14. The predicted octanol–water partition coefficient (Wildman–Crippen LogP) is 4.80. The average molecular weight is 319 g/mol. The Kier molecular flexibility index (Phi) is 3.60. The molecule has 0 unspecified atom stereocenters. The van der Waals surface area contributed by atoms with Crippen LogP contribution in [-0.2, 0) is 13.0 Å². The monoisotopic (exact) mass is 319 g/mol. The van der Waals surface area contributed by atoms with Crippen molar-refractivity contribution in [1.29, 1.82) is 0 Å². The Morgan fingerprint density at radius 3 is 2.54 bits per heavy atom. The molecule has 0 N–H and O–H groups in total. The molecule has 4 rings (SSSR count). The number of nitrogens with zero attached hydrogens (tertiary/aromatic N) is 3. The highest BCUT2D eigenvalue weighted by molar-refractivity contribution is 5.95. The zero-order valence-corrected chi connectivity index (χ0v) is 15.0. The quantitative estimate of drug-likeness (QED) is 0.677. The maximum atomic E-state index is 4.79. The first kappa shape index (κ1) is 15.3. The Morgan fingerprint density at radius 1 is 1.04 bits per heavy atom. The fourth-order valence-electron chi connectivity index (χ4n) is 4.13. The molecule has 0 amide bonds. The van der Waals surface area contributed by atoms with Gasteiger partial charge in [0.1, 0.15) is 5.82 Å². The van der Waals surface area contributed by atoms with Crippen LogP contribution < -0.4 is 4.90 Å². The first-order valence-electron chi connectivity index (χ1n) is 8.85. The summed E-state index contributed by atoms with van der Waals surface area (Å²) in [6.45, 7) is 11.0. The summed E-state index contributed by atoms with van der Waals surface area (Å²) in [7, 11) is 0. The SMILES string of the molecule is Cc1c(C)n(C(C)C)c2ccnc(N3CCc4ccccc4C3)c12. The van der Waals surface area contributed by atoms with Gasteiger partial charge in [-0.2, -0.15) is 0 Å². The van der Waals surface area contributed by atoms with Crippen molar-refractivity contribution in [1.82, 2.24) is 9.55 Å². The second-order valence-electron chi connectivity index (χ2n) is 7.14. The van der Waals surface area contributed by atoms with Gasteiger partial charge in [-0.3, -0.25) is 0 Å². The van der Waals surface area contributed by atoms with E-state index in [0.717, 1.165) is 25.3 Å².